The van der Waals surface area contributed by atoms with Crippen molar-refractivity contribution in [3.8, 4) is 0 Å². The predicted octanol–water partition coefficient (Wildman–Crippen LogP) is 15.7. The highest BCUT2D eigenvalue weighted by Gasteiger charge is 2.21. The minimum Gasteiger partial charge on any atom is -0.756 e. The van der Waals surface area contributed by atoms with Gasteiger partial charge in [-0.1, -0.05) is 198 Å². The number of nitrogens with zero attached hydrogens (tertiary/aromatic N) is 1. The first-order valence-corrected chi connectivity index (χ1v) is 28.0. The van der Waals surface area contributed by atoms with Crippen molar-refractivity contribution in [1.29, 1.82) is 0 Å². The molecule has 0 bridgehead atoms. The number of unbranched alkanes of at least 4 members (excludes halogenated alkanes) is 8. The van der Waals surface area contributed by atoms with Gasteiger partial charge in [0, 0.05) is 12.8 Å². The Bertz CT molecular complexity index is 1690. The summed E-state index contributed by atoms with van der Waals surface area (Å²) in [5, 5.41) is 0. The molecule has 0 N–H and O–H groups in total. The highest BCUT2D eigenvalue weighted by Crippen LogP contribution is 2.38. The van der Waals surface area contributed by atoms with Gasteiger partial charge in [-0.25, -0.2) is 0 Å². The van der Waals surface area contributed by atoms with E-state index in [1.165, 1.54) is 19.3 Å². The van der Waals surface area contributed by atoms with Crippen LogP contribution in [0.4, 0.5) is 0 Å². The van der Waals surface area contributed by atoms with Crippen LogP contribution in [0.1, 0.15) is 168 Å². The number of rotatable bonds is 46. The van der Waals surface area contributed by atoms with Crippen LogP contribution < -0.4 is 4.89 Å². The molecule has 0 heterocycles. The summed E-state index contributed by atoms with van der Waals surface area (Å²) < 4.78 is 33.8. The first kappa shape index (κ1) is 65.9. The van der Waals surface area contributed by atoms with Gasteiger partial charge in [0.25, 0.3) is 7.82 Å². The fraction of sp³-hybridized carbons (Fsp3) is 0.567. The van der Waals surface area contributed by atoms with Crippen LogP contribution >= 0.6 is 7.82 Å². The van der Waals surface area contributed by atoms with Crippen LogP contribution in [0.3, 0.4) is 0 Å². The number of hydrogen-bond donors (Lipinski definition) is 0. The van der Waals surface area contributed by atoms with Crippen LogP contribution in [-0.4, -0.2) is 70.0 Å². The number of quaternary nitrogens is 1. The second-order valence-electron chi connectivity index (χ2n) is 18.2. The molecule has 0 fully saturated rings. The van der Waals surface area contributed by atoms with Crippen LogP contribution in [0.5, 0.6) is 0 Å². The van der Waals surface area contributed by atoms with E-state index < -0.39 is 32.5 Å². The van der Waals surface area contributed by atoms with E-state index in [1.54, 1.807) is 0 Å². The smallest absolute Gasteiger partial charge is 0.306 e. The Morgan fingerprint density at radius 2 is 0.814 bits per heavy atom. The molecule has 0 saturated heterocycles. The number of phosphoric ester groups is 1. The van der Waals surface area contributed by atoms with E-state index >= 15 is 0 Å². The van der Waals surface area contributed by atoms with Crippen molar-refractivity contribution in [3.63, 3.8) is 0 Å². The van der Waals surface area contributed by atoms with E-state index in [1.807, 2.05) is 21.1 Å². The van der Waals surface area contributed by atoms with Crippen molar-refractivity contribution in [2.24, 2.45) is 0 Å². The molecule has 0 rings (SSSR count). The van der Waals surface area contributed by atoms with E-state index in [2.05, 4.69) is 160 Å². The number of allylic oxidation sites excluding steroid dienone is 24. The highest BCUT2D eigenvalue weighted by molar-refractivity contribution is 7.45. The number of likely N-dealkylation sites (N-methyl/N-ethyl adjacent to an activating group) is 1. The molecule has 0 saturated carbocycles. The molecular formula is C60H96NO8P. The van der Waals surface area contributed by atoms with Crippen LogP contribution in [0.25, 0.3) is 0 Å². The Morgan fingerprint density at radius 3 is 1.21 bits per heavy atom. The molecule has 2 atom stereocenters. The van der Waals surface area contributed by atoms with Crippen molar-refractivity contribution in [1.82, 2.24) is 0 Å². The number of esters is 2. The first-order chi connectivity index (χ1) is 34.0. The molecule has 0 spiro atoms. The van der Waals surface area contributed by atoms with Crippen molar-refractivity contribution in [3.05, 3.63) is 146 Å². The Labute approximate surface area is 427 Å². The zero-order chi connectivity index (χ0) is 51.3. The normalized spacial score (nSPS) is 14.5. The Balaban J connectivity index is 4.17. The van der Waals surface area contributed by atoms with Gasteiger partial charge in [-0.2, -0.15) is 0 Å². The third kappa shape index (κ3) is 53.2. The zero-order valence-electron chi connectivity index (χ0n) is 44.4. The van der Waals surface area contributed by atoms with Gasteiger partial charge in [-0.15, -0.1) is 0 Å². The van der Waals surface area contributed by atoms with E-state index in [-0.39, 0.29) is 26.1 Å². The van der Waals surface area contributed by atoms with Gasteiger partial charge >= 0.3 is 11.9 Å². The molecule has 0 aliphatic rings. The Hall–Kier alpha value is -4.11. The van der Waals surface area contributed by atoms with Gasteiger partial charge in [0.05, 0.1) is 27.7 Å². The lowest BCUT2D eigenvalue weighted by atomic mass is 10.1. The summed E-state index contributed by atoms with van der Waals surface area (Å²) in [5.41, 5.74) is 0. The number of carbonyl (C=O) groups is 2. The summed E-state index contributed by atoms with van der Waals surface area (Å²) >= 11 is 0. The average Bonchev–Trinajstić information content (AvgIpc) is 3.32. The summed E-state index contributed by atoms with van der Waals surface area (Å²) in [7, 11) is 1.11. The van der Waals surface area contributed by atoms with Crippen molar-refractivity contribution in [2.75, 3.05) is 47.5 Å². The minimum atomic E-state index is -4.64. The van der Waals surface area contributed by atoms with Gasteiger partial charge in [0.2, 0.25) is 0 Å². The molecule has 9 nitrogen and oxygen atoms in total. The standard InChI is InChI=1S/C60H96NO8P/c1-6-8-10-12-14-15-16-17-18-19-20-21-22-23-24-25-26-27-28-29-30-31-32-33-34-35-36-37-38-39-40-41-42-43-44-45-47-49-51-53-60(63)69-58(57-68-70(64,65)67-55-54-61(3,4)5)56-66-59(62)52-50-48-46-13-11-9-7-2/h8,10,14-15,17-18,20-21,23-24,26-27,29-30,32-33,35-36,38-39,41-42,44-45,58H,6-7,9,11-13,16,19,22,25,28,31,34,37,40,43,46-57H2,1-5H3/b10-8-,15-14-,18-17-,21-20-,24-23-,27-26-,30-29-,33-32-,36-35-,39-38-,42-41-,45-44-. The molecule has 0 aromatic rings. The van der Waals surface area contributed by atoms with Gasteiger partial charge in [0.15, 0.2) is 6.10 Å². The largest absolute Gasteiger partial charge is 0.756 e. The molecule has 0 amide bonds. The molecule has 394 valence electrons. The lowest BCUT2D eigenvalue weighted by Gasteiger charge is -2.28. The topological polar surface area (TPSA) is 111 Å². The van der Waals surface area contributed by atoms with Gasteiger partial charge in [-0.3, -0.25) is 14.2 Å². The van der Waals surface area contributed by atoms with E-state index in [0.717, 1.165) is 109 Å². The zero-order valence-corrected chi connectivity index (χ0v) is 45.3. The number of ether oxygens (including phenoxy) is 2. The van der Waals surface area contributed by atoms with Crippen LogP contribution in [0, 0.1) is 0 Å². The second kappa shape index (κ2) is 49.9. The molecule has 0 aromatic carbocycles. The number of carbonyl (C=O) groups excluding carboxylic acids is 2. The number of hydrogen-bond acceptors (Lipinski definition) is 8. The third-order valence-electron chi connectivity index (χ3n) is 10.4. The van der Waals surface area contributed by atoms with Gasteiger partial charge in [-0.05, 0) is 103 Å². The SMILES string of the molecule is CC/C=C\C/C=C\C/C=C\C/C=C\C/C=C\C/C=C\C/C=C\C/C=C\C/C=C\C/C=C\C/C=C\C/C=C\CCCCC(=O)OC(COC(=O)CCCCCCCCC)COP(=O)([O-])OCC[N+](C)(C)C. The van der Waals surface area contributed by atoms with Crippen molar-refractivity contribution in [2.45, 2.75) is 174 Å². The van der Waals surface area contributed by atoms with Crippen molar-refractivity contribution >= 4 is 19.8 Å². The lowest BCUT2D eigenvalue weighted by Crippen LogP contribution is -2.37. The molecule has 2 unspecified atom stereocenters. The molecule has 0 aliphatic carbocycles. The quantitative estimate of drug-likeness (QED) is 0.0195. The molecular weight excluding hydrogens is 894 g/mol. The molecule has 10 heteroatoms. The number of phosphoric acid groups is 1. The maximum atomic E-state index is 12.7. The Kier molecular flexibility index (Phi) is 46.9. The molecule has 0 aromatic heterocycles. The average molecular weight is 990 g/mol. The summed E-state index contributed by atoms with van der Waals surface area (Å²) in [6, 6.07) is 0. The van der Waals surface area contributed by atoms with Crippen molar-refractivity contribution < 1.29 is 42.1 Å². The monoisotopic (exact) mass is 990 g/mol. The van der Waals surface area contributed by atoms with Crippen LogP contribution in [0.2, 0.25) is 0 Å². The summed E-state index contributed by atoms with van der Waals surface area (Å²) in [6.45, 7) is 3.97. The van der Waals surface area contributed by atoms with E-state index in [0.29, 0.717) is 23.9 Å². The van der Waals surface area contributed by atoms with Crippen LogP contribution in [-0.2, 0) is 32.7 Å². The van der Waals surface area contributed by atoms with E-state index in [4.69, 9.17) is 18.5 Å². The molecule has 70 heavy (non-hydrogen) atoms. The van der Waals surface area contributed by atoms with Gasteiger partial charge < -0.3 is 27.9 Å². The second-order valence-corrected chi connectivity index (χ2v) is 19.6. The fourth-order valence-electron chi connectivity index (χ4n) is 6.28. The summed E-state index contributed by atoms with van der Waals surface area (Å²) in [6.07, 6.45) is 73.6. The lowest BCUT2D eigenvalue weighted by molar-refractivity contribution is -0.870. The van der Waals surface area contributed by atoms with Crippen LogP contribution in [0.15, 0.2) is 146 Å². The fourth-order valence-corrected chi connectivity index (χ4v) is 7.01. The molecule has 0 radical (unpaired) electrons. The summed E-state index contributed by atoms with van der Waals surface area (Å²) in [4.78, 5) is 37.4. The summed E-state index contributed by atoms with van der Waals surface area (Å²) in [5.74, 6) is -0.906. The minimum absolute atomic E-state index is 0.0466. The Morgan fingerprint density at radius 1 is 0.457 bits per heavy atom. The maximum Gasteiger partial charge on any atom is 0.306 e. The van der Waals surface area contributed by atoms with Gasteiger partial charge in [0.1, 0.15) is 19.8 Å². The van der Waals surface area contributed by atoms with E-state index in [9.17, 15) is 19.0 Å². The highest BCUT2D eigenvalue weighted by atomic mass is 31.2. The maximum absolute atomic E-state index is 12.7. The predicted molar refractivity (Wildman–Crippen MR) is 295 cm³/mol. The first-order valence-electron chi connectivity index (χ1n) is 26.5. The third-order valence-corrected chi connectivity index (χ3v) is 11.3. The molecule has 0 aliphatic heterocycles.